The molecule has 0 bridgehead atoms. The van der Waals surface area contributed by atoms with Crippen LogP contribution in [0.2, 0.25) is 0 Å². The monoisotopic (exact) mass is 909 g/mol. The summed E-state index contributed by atoms with van der Waals surface area (Å²) in [6, 6.07) is 43.7. The zero-order valence-corrected chi connectivity index (χ0v) is 40.0. The first-order valence-corrected chi connectivity index (χ1v) is 22.4. The molecule has 0 N–H and O–H groups in total. The van der Waals surface area contributed by atoms with E-state index in [-0.39, 0.29) is 17.9 Å². The molecule has 8 nitrogen and oxygen atoms in total. The Morgan fingerprint density at radius 3 is 1.43 bits per heavy atom. The molecule has 0 amide bonds. The number of benzene rings is 3. The Bertz CT molecular complexity index is 3590. The van der Waals surface area contributed by atoms with E-state index in [4.69, 9.17) is 15.1 Å². The highest BCUT2D eigenvalue weighted by Crippen LogP contribution is 2.26. The molecular formula is C60H65N8+3. The van der Waals surface area contributed by atoms with Crippen molar-refractivity contribution in [3.63, 3.8) is 0 Å². The third kappa shape index (κ3) is 12.1. The van der Waals surface area contributed by atoms with Crippen LogP contribution in [-0.4, -0.2) is 24.9 Å². The van der Waals surface area contributed by atoms with Crippen molar-refractivity contribution < 1.29 is 28.8 Å². The molecule has 0 saturated heterocycles. The molecule has 0 saturated carbocycles. The van der Waals surface area contributed by atoms with E-state index >= 15 is 0 Å². The summed E-state index contributed by atoms with van der Waals surface area (Å²) in [4.78, 5) is 21.2. The predicted octanol–water partition coefficient (Wildman–Crippen LogP) is 12.1. The van der Waals surface area contributed by atoms with Crippen LogP contribution in [-0.2, 0) is 27.6 Å². The first kappa shape index (κ1) is 35.6. The van der Waals surface area contributed by atoms with Crippen LogP contribution in [0.4, 0.5) is 0 Å². The molecule has 0 aliphatic carbocycles. The standard InChI is InChI=1S/C21H24N3.C20H22N3.C19H19N2/c1-15(2)13-21-22-12-11-19(23-21)17-9-10-20(24(4)14-17)18-8-6-5-7-16(18)3;1-14(2)20-21-12-11-18(22-20)16-9-10-19(23(4)13-16)17-8-6-5-7-15(17)3;1-14-6-4-5-7-18(14)19-11-10-17(13-21(19)3)16-9-8-15(2)20-12-16/h5-12,14-15H,13H2,1-4H3;5-14H,1-4H3;4-13H,1-3H3/q3*+1/i1D3,15D;1D3,14D;2D3. The molecule has 0 radical (unpaired) electrons. The highest BCUT2D eigenvalue weighted by atomic mass is 14.9. The quantitative estimate of drug-likeness (QED) is 0.135. The minimum absolute atomic E-state index is 0.00867. The highest BCUT2D eigenvalue weighted by molar-refractivity contribution is 5.67. The van der Waals surface area contributed by atoms with Crippen molar-refractivity contribution >= 4 is 0 Å². The van der Waals surface area contributed by atoms with E-state index in [0.717, 1.165) is 44.9 Å². The number of rotatable bonds is 9. The summed E-state index contributed by atoms with van der Waals surface area (Å²) in [6.45, 7) is 1.90. The maximum Gasteiger partial charge on any atom is 0.212 e. The molecule has 8 heteroatoms. The van der Waals surface area contributed by atoms with E-state index in [9.17, 15) is 0 Å². The van der Waals surface area contributed by atoms with Gasteiger partial charge in [-0.05, 0) is 105 Å². The number of aromatic nitrogens is 8. The maximum atomic E-state index is 8.20. The second-order valence-corrected chi connectivity index (χ2v) is 16.8. The number of aryl methyl sites for hydroxylation is 7. The summed E-state index contributed by atoms with van der Waals surface area (Å²) in [5.74, 6) is -3.15. The van der Waals surface area contributed by atoms with Gasteiger partial charge in [0.2, 0.25) is 17.1 Å². The van der Waals surface area contributed by atoms with Crippen LogP contribution >= 0.6 is 0 Å². The van der Waals surface area contributed by atoms with Crippen molar-refractivity contribution in [2.24, 2.45) is 27.0 Å². The number of nitrogens with zero attached hydrogens (tertiary/aromatic N) is 8. The molecule has 68 heavy (non-hydrogen) atoms. The van der Waals surface area contributed by atoms with E-state index in [2.05, 4.69) is 103 Å². The van der Waals surface area contributed by atoms with Gasteiger partial charge < -0.3 is 0 Å². The lowest BCUT2D eigenvalue weighted by Gasteiger charge is -2.07. The van der Waals surface area contributed by atoms with Gasteiger partial charge in [-0.2, -0.15) is 0 Å². The smallest absolute Gasteiger partial charge is 0.212 e. The molecule has 0 aliphatic heterocycles. The number of pyridine rings is 4. The number of hydrogen-bond acceptors (Lipinski definition) is 5. The van der Waals surface area contributed by atoms with Gasteiger partial charge in [0, 0.05) is 97.7 Å². The second kappa shape index (κ2) is 22.3. The Morgan fingerprint density at radius 1 is 0.500 bits per heavy atom. The average Bonchev–Trinajstić information content (AvgIpc) is 3.45. The van der Waals surface area contributed by atoms with Crippen LogP contribution in [0.5, 0.6) is 0 Å². The van der Waals surface area contributed by atoms with E-state index in [0.29, 0.717) is 17.2 Å². The van der Waals surface area contributed by atoms with Gasteiger partial charge in [-0.3, -0.25) is 4.98 Å². The summed E-state index contributed by atoms with van der Waals surface area (Å²) < 4.78 is 90.0. The topological polar surface area (TPSA) is 76.1 Å². The highest BCUT2D eigenvalue weighted by Gasteiger charge is 2.17. The molecule has 342 valence electrons. The van der Waals surface area contributed by atoms with Gasteiger partial charge in [0.1, 0.15) is 32.8 Å². The minimum Gasteiger partial charge on any atom is -0.261 e. The molecule has 2 atom stereocenters. The zero-order chi connectivity index (χ0) is 57.7. The maximum absolute atomic E-state index is 8.20. The van der Waals surface area contributed by atoms with Gasteiger partial charge in [0.05, 0.1) is 22.5 Å². The third-order valence-electron chi connectivity index (χ3n) is 11.5. The molecule has 2 unspecified atom stereocenters. The van der Waals surface area contributed by atoms with Gasteiger partial charge in [-0.1, -0.05) is 88.2 Å². The fourth-order valence-corrected chi connectivity index (χ4v) is 7.86. The van der Waals surface area contributed by atoms with Crippen LogP contribution < -0.4 is 13.7 Å². The van der Waals surface area contributed by atoms with Crippen molar-refractivity contribution in [2.75, 3.05) is 0 Å². The average molecular weight is 909 g/mol. The van der Waals surface area contributed by atoms with Gasteiger partial charge in [0.25, 0.3) is 0 Å². The van der Waals surface area contributed by atoms with Crippen molar-refractivity contribution in [3.8, 4) is 67.4 Å². The fourth-order valence-electron chi connectivity index (χ4n) is 7.86. The largest absolute Gasteiger partial charge is 0.261 e. The van der Waals surface area contributed by atoms with Crippen LogP contribution in [0.15, 0.2) is 171 Å². The summed E-state index contributed by atoms with van der Waals surface area (Å²) >= 11 is 0. The Morgan fingerprint density at radius 2 is 0.971 bits per heavy atom. The predicted molar refractivity (Wildman–Crippen MR) is 276 cm³/mol. The minimum atomic E-state index is -2.51. The lowest BCUT2D eigenvalue weighted by molar-refractivity contribution is -0.660. The summed E-state index contributed by atoms with van der Waals surface area (Å²) in [5.41, 5.74) is 15.5. The molecule has 6 heterocycles. The van der Waals surface area contributed by atoms with E-state index in [1.54, 1.807) is 36.7 Å². The number of hydrogen-bond donors (Lipinski definition) is 0. The van der Waals surface area contributed by atoms with Gasteiger partial charge in [-0.15, -0.1) is 0 Å². The third-order valence-corrected chi connectivity index (χ3v) is 11.5. The summed E-state index contributed by atoms with van der Waals surface area (Å²) in [5, 5.41) is 0. The van der Waals surface area contributed by atoms with Crippen molar-refractivity contribution in [2.45, 2.75) is 67.5 Å². The Hall–Kier alpha value is -7.58. The molecule has 0 fully saturated rings. The van der Waals surface area contributed by atoms with E-state index in [1.165, 1.54) is 47.9 Å². The Kier molecular flexibility index (Phi) is 11.7. The SMILES string of the molecule is [2H]C([2H])([2H])C([2H])(C)Cc1nccc(-c2ccc(-c3ccccc3C)[n+](C)c2)n1.[2H]C([2H])([2H])C([2H])(C)c1nccc(-c2ccc(-c3ccccc3C)[n+](C)c2)n1.[2H]C([2H])([2H])c1ccc(-c2ccc(-c3ccccc3C)[n+](C)c2)cn1. The molecule has 0 aliphatic rings. The molecule has 9 aromatic rings. The fraction of sp³-hybridized carbons (Fsp3) is 0.233. The van der Waals surface area contributed by atoms with E-state index < -0.39 is 32.3 Å². The Balaban J connectivity index is 0.000000172. The molecule has 3 aromatic carbocycles. The van der Waals surface area contributed by atoms with Crippen molar-refractivity contribution in [1.82, 2.24) is 24.9 Å². The van der Waals surface area contributed by atoms with Gasteiger partial charge >= 0.3 is 0 Å². The summed E-state index contributed by atoms with van der Waals surface area (Å²) in [7, 11) is 5.96. The van der Waals surface area contributed by atoms with Crippen molar-refractivity contribution in [3.05, 3.63) is 205 Å². The van der Waals surface area contributed by atoms with Gasteiger partial charge in [-0.25, -0.2) is 33.6 Å². The van der Waals surface area contributed by atoms with Gasteiger partial charge in [0.15, 0.2) is 18.6 Å². The second-order valence-electron chi connectivity index (χ2n) is 16.8. The zero-order valence-electron chi connectivity index (χ0n) is 51.0. The first-order valence-electron chi connectivity index (χ1n) is 27.9. The van der Waals surface area contributed by atoms with Crippen LogP contribution in [0.1, 0.15) is 82.6 Å². The molecular weight excluding hydrogens is 833 g/mol. The van der Waals surface area contributed by atoms with Crippen LogP contribution in [0, 0.1) is 33.5 Å². The van der Waals surface area contributed by atoms with Crippen LogP contribution in [0.3, 0.4) is 0 Å². The molecule has 9 rings (SSSR count). The molecule has 0 spiro atoms. The Labute approximate surface area is 419 Å². The lowest BCUT2D eigenvalue weighted by atomic mass is 10.0. The molecule has 6 aromatic heterocycles. The van der Waals surface area contributed by atoms with E-state index in [1.807, 2.05) is 105 Å². The normalized spacial score (nSPS) is 15.6. The van der Waals surface area contributed by atoms with Crippen LogP contribution in [0.25, 0.3) is 67.4 Å². The lowest BCUT2D eigenvalue weighted by Crippen LogP contribution is -2.31. The summed E-state index contributed by atoms with van der Waals surface area (Å²) in [6.07, 6.45) is 10.7. The van der Waals surface area contributed by atoms with Crippen molar-refractivity contribution in [1.29, 1.82) is 0 Å². The first-order chi connectivity index (χ1) is 37.1.